The van der Waals surface area contributed by atoms with Gasteiger partial charge in [0.1, 0.15) is 5.75 Å². The molecular weight excluding hydrogens is 240 g/mol. The van der Waals surface area contributed by atoms with Crippen LogP contribution in [0, 0.1) is 6.92 Å². The second kappa shape index (κ2) is 8.53. The molecule has 0 radical (unpaired) electrons. The van der Waals surface area contributed by atoms with Crippen LogP contribution >= 0.6 is 0 Å². The Morgan fingerprint density at radius 3 is 2.63 bits per heavy atom. The van der Waals surface area contributed by atoms with E-state index in [9.17, 15) is 4.79 Å². The number of carbonyl (C=O) groups is 1. The third-order valence-corrected chi connectivity index (χ3v) is 2.88. The van der Waals surface area contributed by atoms with E-state index in [-0.39, 0.29) is 5.91 Å². The summed E-state index contributed by atoms with van der Waals surface area (Å²) in [6.45, 7) is 8.28. The smallest absolute Gasteiger partial charge is 0.261 e. The number of para-hydroxylation sites is 1. The Labute approximate surface area is 115 Å². The maximum Gasteiger partial charge on any atom is 0.261 e. The number of ether oxygens (including phenoxy) is 1. The number of nitrogens with one attached hydrogen (secondary N) is 2. The van der Waals surface area contributed by atoms with Gasteiger partial charge in [-0.2, -0.15) is 0 Å². The summed E-state index contributed by atoms with van der Waals surface area (Å²) < 4.78 is 5.78. The van der Waals surface area contributed by atoms with E-state index >= 15 is 0 Å². The minimum Gasteiger partial charge on any atom is -0.480 e. The average Bonchev–Trinajstić information content (AvgIpc) is 2.42. The molecule has 0 aromatic heterocycles. The van der Waals surface area contributed by atoms with Crippen LogP contribution in [0.1, 0.15) is 25.8 Å². The fraction of sp³-hybridized carbons (Fsp3) is 0.533. The third-order valence-electron chi connectivity index (χ3n) is 2.88. The van der Waals surface area contributed by atoms with Crippen LogP contribution in [0.15, 0.2) is 24.3 Å². The maximum atomic E-state index is 12.0. The number of benzene rings is 1. The molecule has 1 atom stereocenters. The molecule has 1 aromatic rings. The lowest BCUT2D eigenvalue weighted by atomic mass is 10.2. The van der Waals surface area contributed by atoms with E-state index in [0.29, 0.717) is 13.0 Å². The number of hydrogen-bond acceptors (Lipinski definition) is 3. The van der Waals surface area contributed by atoms with Gasteiger partial charge in [0, 0.05) is 13.1 Å². The van der Waals surface area contributed by atoms with Gasteiger partial charge in [0.25, 0.3) is 5.91 Å². The normalized spacial score (nSPS) is 11.9. The molecule has 1 aromatic carbocycles. The zero-order valence-electron chi connectivity index (χ0n) is 12.0. The molecular formula is C15H24N2O2. The van der Waals surface area contributed by atoms with Gasteiger partial charge in [0.15, 0.2) is 6.10 Å². The second-order valence-electron chi connectivity index (χ2n) is 4.42. The van der Waals surface area contributed by atoms with Gasteiger partial charge in [-0.25, -0.2) is 0 Å². The molecule has 0 heterocycles. The van der Waals surface area contributed by atoms with Gasteiger partial charge < -0.3 is 15.4 Å². The first-order valence-corrected chi connectivity index (χ1v) is 6.89. The minimum absolute atomic E-state index is 0.0522. The Morgan fingerprint density at radius 1 is 1.26 bits per heavy atom. The van der Waals surface area contributed by atoms with Crippen molar-refractivity contribution in [2.75, 3.05) is 19.6 Å². The van der Waals surface area contributed by atoms with Gasteiger partial charge in [0.2, 0.25) is 0 Å². The van der Waals surface area contributed by atoms with Crippen molar-refractivity contribution in [2.24, 2.45) is 0 Å². The van der Waals surface area contributed by atoms with E-state index < -0.39 is 6.10 Å². The number of hydrogen-bond donors (Lipinski definition) is 2. The number of aryl methyl sites for hydroxylation is 1. The summed E-state index contributed by atoms with van der Waals surface area (Å²) in [5, 5.41) is 6.05. The molecule has 0 bridgehead atoms. The van der Waals surface area contributed by atoms with Gasteiger partial charge in [-0.05, 0) is 31.5 Å². The molecule has 4 heteroatoms. The zero-order valence-corrected chi connectivity index (χ0v) is 12.0. The average molecular weight is 264 g/mol. The van der Waals surface area contributed by atoms with E-state index in [4.69, 9.17) is 4.74 Å². The van der Waals surface area contributed by atoms with Crippen molar-refractivity contribution < 1.29 is 9.53 Å². The predicted octanol–water partition coefficient (Wildman–Crippen LogP) is 1.88. The molecule has 19 heavy (non-hydrogen) atoms. The first-order chi connectivity index (χ1) is 9.19. The molecule has 0 aliphatic rings. The molecule has 0 aliphatic heterocycles. The number of rotatable bonds is 8. The van der Waals surface area contributed by atoms with Crippen LogP contribution in [0.3, 0.4) is 0 Å². The quantitative estimate of drug-likeness (QED) is 0.705. The van der Waals surface area contributed by atoms with E-state index in [1.54, 1.807) is 0 Å². The fourth-order valence-corrected chi connectivity index (χ4v) is 1.73. The van der Waals surface area contributed by atoms with Crippen molar-refractivity contribution in [1.82, 2.24) is 10.6 Å². The van der Waals surface area contributed by atoms with Crippen LogP contribution in [0.2, 0.25) is 0 Å². The molecule has 0 spiro atoms. The lowest BCUT2D eigenvalue weighted by Crippen LogP contribution is -2.41. The van der Waals surface area contributed by atoms with Crippen molar-refractivity contribution >= 4 is 5.91 Å². The largest absolute Gasteiger partial charge is 0.480 e. The summed E-state index contributed by atoms with van der Waals surface area (Å²) in [5.74, 6) is 0.722. The topological polar surface area (TPSA) is 50.4 Å². The number of likely N-dealkylation sites (N-methyl/N-ethyl adjacent to an activating group) is 1. The number of amides is 1. The Bertz CT molecular complexity index is 393. The summed E-state index contributed by atoms with van der Waals surface area (Å²) in [5.41, 5.74) is 1.04. The summed E-state index contributed by atoms with van der Waals surface area (Å²) in [4.78, 5) is 12.0. The first kappa shape index (κ1) is 15.5. The van der Waals surface area contributed by atoms with E-state index in [1.165, 1.54) is 0 Å². The molecule has 0 saturated carbocycles. The highest BCUT2D eigenvalue weighted by Crippen LogP contribution is 2.18. The number of carbonyl (C=O) groups excluding carboxylic acids is 1. The summed E-state index contributed by atoms with van der Waals surface area (Å²) in [7, 11) is 0. The molecule has 1 amide bonds. The summed E-state index contributed by atoms with van der Waals surface area (Å²) in [6.07, 6.45) is 0.226. The van der Waals surface area contributed by atoms with Gasteiger partial charge in [-0.3, -0.25) is 4.79 Å². The van der Waals surface area contributed by atoms with Gasteiger partial charge in [0.05, 0.1) is 0 Å². The van der Waals surface area contributed by atoms with Crippen LogP contribution < -0.4 is 15.4 Å². The second-order valence-corrected chi connectivity index (χ2v) is 4.42. The molecule has 1 rings (SSSR count). The van der Waals surface area contributed by atoms with Gasteiger partial charge >= 0.3 is 0 Å². The molecule has 1 unspecified atom stereocenters. The molecule has 0 aliphatic carbocycles. The Hall–Kier alpha value is -1.55. The zero-order chi connectivity index (χ0) is 14.1. The standard InChI is InChI=1S/C15H24N2O2/c1-4-13(15(18)17-11-10-16-5-2)19-14-9-7-6-8-12(14)3/h6-9,13,16H,4-5,10-11H2,1-3H3,(H,17,18). The van der Waals surface area contributed by atoms with Crippen molar-refractivity contribution in [3.63, 3.8) is 0 Å². The highest BCUT2D eigenvalue weighted by molar-refractivity contribution is 5.81. The van der Waals surface area contributed by atoms with Crippen molar-refractivity contribution in [3.8, 4) is 5.75 Å². The predicted molar refractivity (Wildman–Crippen MR) is 77.4 cm³/mol. The van der Waals surface area contributed by atoms with Crippen LogP contribution in [-0.4, -0.2) is 31.6 Å². The van der Waals surface area contributed by atoms with Gasteiger partial charge in [-0.1, -0.05) is 32.0 Å². The highest BCUT2D eigenvalue weighted by atomic mass is 16.5. The van der Waals surface area contributed by atoms with E-state index in [2.05, 4.69) is 10.6 Å². The Balaban J connectivity index is 2.48. The van der Waals surface area contributed by atoms with Crippen LogP contribution in [0.4, 0.5) is 0 Å². The Morgan fingerprint density at radius 2 is 2.00 bits per heavy atom. The van der Waals surface area contributed by atoms with E-state index in [1.807, 2.05) is 45.0 Å². The van der Waals surface area contributed by atoms with E-state index in [0.717, 1.165) is 24.4 Å². The van der Waals surface area contributed by atoms with Gasteiger partial charge in [-0.15, -0.1) is 0 Å². The van der Waals surface area contributed by atoms with Crippen molar-refractivity contribution in [2.45, 2.75) is 33.3 Å². The third kappa shape index (κ3) is 5.30. The maximum absolute atomic E-state index is 12.0. The summed E-state index contributed by atoms with van der Waals surface area (Å²) in [6, 6.07) is 7.74. The van der Waals surface area contributed by atoms with Crippen molar-refractivity contribution in [1.29, 1.82) is 0 Å². The monoisotopic (exact) mass is 264 g/mol. The fourth-order valence-electron chi connectivity index (χ4n) is 1.73. The highest BCUT2D eigenvalue weighted by Gasteiger charge is 2.18. The molecule has 4 nitrogen and oxygen atoms in total. The van der Waals surface area contributed by atoms with Crippen LogP contribution in [0.25, 0.3) is 0 Å². The lowest BCUT2D eigenvalue weighted by molar-refractivity contribution is -0.128. The summed E-state index contributed by atoms with van der Waals surface area (Å²) >= 11 is 0. The lowest BCUT2D eigenvalue weighted by Gasteiger charge is -2.18. The molecule has 106 valence electrons. The van der Waals surface area contributed by atoms with Crippen LogP contribution in [0.5, 0.6) is 5.75 Å². The first-order valence-electron chi connectivity index (χ1n) is 6.89. The minimum atomic E-state index is -0.428. The molecule has 2 N–H and O–H groups in total. The van der Waals surface area contributed by atoms with Crippen LogP contribution in [-0.2, 0) is 4.79 Å². The molecule has 0 fully saturated rings. The molecule has 0 saturated heterocycles. The Kier molecular flexibility index (Phi) is 6.97. The van der Waals surface area contributed by atoms with Crippen molar-refractivity contribution in [3.05, 3.63) is 29.8 Å². The SMILES string of the molecule is CCNCCNC(=O)C(CC)Oc1ccccc1C.